The Hall–Kier alpha value is -1.09. The third-order valence-corrected chi connectivity index (χ3v) is 3.03. The van der Waals surface area contributed by atoms with Crippen molar-refractivity contribution in [1.29, 1.82) is 0 Å². The van der Waals surface area contributed by atoms with Crippen molar-refractivity contribution in [3.05, 3.63) is 24.0 Å². The van der Waals surface area contributed by atoms with Crippen LogP contribution in [0.2, 0.25) is 0 Å². The van der Waals surface area contributed by atoms with Gasteiger partial charge in [0.25, 0.3) is 0 Å². The third kappa shape index (κ3) is 6.58. The molecule has 0 saturated carbocycles. The van der Waals surface area contributed by atoms with E-state index in [-0.39, 0.29) is 0 Å². The van der Waals surface area contributed by atoms with Gasteiger partial charge in [0, 0.05) is 24.5 Å². The summed E-state index contributed by atoms with van der Waals surface area (Å²) >= 11 is 0. The van der Waals surface area contributed by atoms with Gasteiger partial charge in [0.15, 0.2) is 0 Å². The van der Waals surface area contributed by atoms with Gasteiger partial charge in [-0.3, -0.25) is 4.98 Å². The zero-order chi connectivity index (χ0) is 14.1. The van der Waals surface area contributed by atoms with Crippen LogP contribution >= 0.6 is 0 Å². The van der Waals surface area contributed by atoms with Gasteiger partial charge >= 0.3 is 0 Å². The number of rotatable bonds is 9. The zero-order valence-electron chi connectivity index (χ0n) is 12.8. The van der Waals surface area contributed by atoms with Crippen LogP contribution in [0.4, 0.5) is 0 Å². The van der Waals surface area contributed by atoms with Crippen molar-refractivity contribution >= 4 is 0 Å². The van der Waals surface area contributed by atoms with Crippen molar-refractivity contribution in [2.75, 3.05) is 13.2 Å². The van der Waals surface area contributed by atoms with E-state index in [1.54, 1.807) is 6.20 Å². The van der Waals surface area contributed by atoms with Crippen molar-refractivity contribution in [3.8, 4) is 5.75 Å². The molecule has 0 aliphatic rings. The molecule has 0 aliphatic carbocycles. The normalized spacial score (nSPS) is 12.7. The largest absolute Gasteiger partial charge is 0.493 e. The zero-order valence-corrected chi connectivity index (χ0v) is 12.8. The SMILES string of the molecule is CCCC(C)COc1ccncc1CNCC(C)C. The molecule has 108 valence electrons. The summed E-state index contributed by atoms with van der Waals surface area (Å²) in [6.45, 7) is 11.5. The molecule has 1 heterocycles. The molecule has 0 amide bonds. The monoisotopic (exact) mass is 264 g/mol. The Kier molecular flexibility index (Phi) is 7.49. The summed E-state index contributed by atoms with van der Waals surface area (Å²) in [6.07, 6.45) is 6.12. The highest BCUT2D eigenvalue weighted by Crippen LogP contribution is 2.18. The van der Waals surface area contributed by atoms with E-state index >= 15 is 0 Å². The topological polar surface area (TPSA) is 34.1 Å². The first-order valence-electron chi connectivity index (χ1n) is 7.39. The Labute approximate surface area is 117 Å². The Morgan fingerprint density at radius 1 is 1.32 bits per heavy atom. The molecule has 0 radical (unpaired) electrons. The average molecular weight is 264 g/mol. The fourth-order valence-electron chi connectivity index (χ4n) is 1.99. The lowest BCUT2D eigenvalue weighted by Gasteiger charge is -2.15. The number of aromatic nitrogens is 1. The second-order valence-corrected chi connectivity index (χ2v) is 5.71. The van der Waals surface area contributed by atoms with Crippen LogP contribution < -0.4 is 10.1 Å². The molecule has 19 heavy (non-hydrogen) atoms. The molecule has 3 heteroatoms. The predicted molar refractivity (Wildman–Crippen MR) is 80.3 cm³/mol. The molecule has 0 aromatic carbocycles. The molecule has 1 N–H and O–H groups in total. The second kappa shape index (κ2) is 8.92. The third-order valence-electron chi connectivity index (χ3n) is 3.03. The van der Waals surface area contributed by atoms with Crippen LogP contribution in [0.25, 0.3) is 0 Å². The van der Waals surface area contributed by atoms with Gasteiger partial charge in [-0.2, -0.15) is 0 Å². The molecule has 3 nitrogen and oxygen atoms in total. The smallest absolute Gasteiger partial charge is 0.126 e. The van der Waals surface area contributed by atoms with E-state index < -0.39 is 0 Å². The summed E-state index contributed by atoms with van der Waals surface area (Å²) in [5, 5.41) is 3.43. The van der Waals surface area contributed by atoms with E-state index in [2.05, 4.69) is 38.0 Å². The van der Waals surface area contributed by atoms with Gasteiger partial charge in [-0.25, -0.2) is 0 Å². The van der Waals surface area contributed by atoms with Crippen LogP contribution in [0, 0.1) is 11.8 Å². The van der Waals surface area contributed by atoms with E-state index in [9.17, 15) is 0 Å². The highest BCUT2D eigenvalue weighted by Gasteiger charge is 2.06. The quantitative estimate of drug-likeness (QED) is 0.739. The summed E-state index contributed by atoms with van der Waals surface area (Å²) in [6, 6.07) is 1.96. The van der Waals surface area contributed by atoms with Gasteiger partial charge < -0.3 is 10.1 Å². The first-order chi connectivity index (χ1) is 9.13. The molecule has 1 unspecified atom stereocenters. The fourth-order valence-corrected chi connectivity index (χ4v) is 1.99. The molecular formula is C16H28N2O. The second-order valence-electron chi connectivity index (χ2n) is 5.71. The van der Waals surface area contributed by atoms with Gasteiger partial charge in [-0.05, 0) is 30.9 Å². The average Bonchev–Trinajstić information content (AvgIpc) is 2.37. The van der Waals surface area contributed by atoms with Crippen molar-refractivity contribution < 1.29 is 4.74 Å². The van der Waals surface area contributed by atoms with Crippen molar-refractivity contribution in [2.45, 2.75) is 47.1 Å². The molecule has 0 saturated heterocycles. The minimum Gasteiger partial charge on any atom is -0.493 e. The van der Waals surface area contributed by atoms with Crippen molar-refractivity contribution in [3.63, 3.8) is 0 Å². The number of ether oxygens (including phenoxy) is 1. The Morgan fingerprint density at radius 3 is 2.79 bits per heavy atom. The lowest BCUT2D eigenvalue weighted by molar-refractivity contribution is 0.248. The number of hydrogen-bond donors (Lipinski definition) is 1. The van der Waals surface area contributed by atoms with Crippen LogP contribution in [-0.4, -0.2) is 18.1 Å². The molecule has 1 aromatic heterocycles. The molecule has 1 atom stereocenters. The number of nitrogens with zero attached hydrogens (tertiary/aromatic N) is 1. The lowest BCUT2D eigenvalue weighted by Crippen LogP contribution is -2.20. The predicted octanol–water partition coefficient (Wildman–Crippen LogP) is 3.64. The summed E-state index contributed by atoms with van der Waals surface area (Å²) in [4.78, 5) is 4.19. The lowest BCUT2D eigenvalue weighted by atomic mass is 10.1. The van der Waals surface area contributed by atoms with E-state index in [4.69, 9.17) is 4.74 Å². The Morgan fingerprint density at radius 2 is 2.11 bits per heavy atom. The maximum absolute atomic E-state index is 5.93. The summed E-state index contributed by atoms with van der Waals surface area (Å²) in [7, 11) is 0. The van der Waals surface area contributed by atoms with Crippen molar-refractivity contribution in [1.82, 2.24) is 10.3 Å². The molecule has 0 spiro atoms. The van der Waals surface area contributed by atoms with Gasteiger partial charge in [0.05, 0.1) is 6.61 Å². The number of nitrogens with one attached hydrogen (secondary N) is 1. The Balaban J connectivity index is 2.48. The highest BCUT2D eigenvalue weighted by molar-refractivity contribution is 5.29. The summed E-state index contributed by atoms with van der Waals surface area (Å²) in [5.41, 5.74) is 1.15. The molecule has 0 bridgehead atoms. The maximum atomic E-state index is 5.93. The van der Waals surface area contributed by atoms with Gasteiger partial charge in [-0.15, -0.1) is 0 Å². The standard InChI is InChI=1S/C16H28N2O/c1-5-6-14(4)12-19-16-7-8-17-10-15(16)11-18-9-13(2)3/h7-8,10,13-14,18H,5-6,9,11-12H2,1-4H3. The first kappa shape index (κ1) is 16.0. The first-order valence-corrected chi connectivity index (χ1v) is 7.39. The van der Waals surface area contributed by atoms with E-state index in [1.165, 1.54) is 12.8 Å². The highest BCUT2D eigenvalue weighted by atomic mass is 16.5. The summed E-state index contributed by atoms with van der Waals surface area (Å²) < 4.78 is 5.93. The summed E-state index contributed by atoms with van der Waals surface area (Å²) in [5.74, 6) is 2.23. The van der Waals surface area contributed by atoms with Gasteiger partial charge in [0.2, 0.25) is 0 Å². The van der Waals surface area contributed by atoms with E-state index in [1.807, 2.05) is 12.3 Å². The molecule has 1 aromatic rings. The van der Waals surface area contributed by atoms with Crippen LogP contribution in [0.5, 0.6) is 5.75 Å². The minimum absolute atomic E-state index is 0.606. The molecule has 0 fully saturated rings. The molecular weight excluding hydrogens is 236 g/mol. The van der Waals surface area contributed by atoms with Crippen LogP contribution in [-0.2, 0) is 6.54 Å². The van der Waals surface area contributed by atoms with Crippen molar-refractivity contribution in [2.24, 2.45) is 11.8 Å². The molecule has 0 aliphatic heterocycles. The van der Waals surface area contributed by atoms with Crippen LogP contribution in [0.3, 0.4) is 0 Å². The Bertz CT molecular complexity index is 352. The maximum Gasteiger partial charge on any atom is 0.126 e. The van der Waals surface area contributed by atoms with E-state index in [0.717, 1.165) is 31.0 Å². The van der Waals surface area contributed by atoms with E-state index in [0.29, 0.717) is 11.8 Å². The fraction of sp³-hybridized carbons (Fsp3) is 0.688. The van der Waals surface area contributed by atoms with Crippen LogP contribution in [0.15, 0.2) is 18.5 Å². The van der Waals surface area contributed by atoms with Gasteiger partial charge in [0.1, 0.15) is 5.75 Å². The molecule has 1 rings (SSSR count). The minimum atomic E-state index is 0.606. The van der Waals surface area contributed by atoms with Gasteiger partial charge in [-0.1, -0.05) is 34.1 Å². The number of pyridine rings is 1. The van der Waals surface area contributed by atoms with Crippen LogP contribution in [0.1, 0.15) is 46.1 Å². The number of hydrogen-bond acceptors (Lipinski definition) is 3.